The van der Waals surface area contributed by atoms with Crippen molar-refractivity contribution >= 4 is 45.1 Å². The molecule has 1 heterocycles. The van der Waals surface area contributed by atoms with Gasteiger partial charge in [-0.05, 0) is 63.6 Å². The zero-order valence-electron chi connectivity index (χ0n) is 13.4. The smallest absolute Gasteiger partial charge is 0.420 e. The SMILES string of the molecule is Cc1ccnc(N(C(=O)OC(C)(C)C)c2ccc(Br)cc2Cl)c1. The summed E-state index contributed by atoms with van der Waals surface area (Å²) in [6, 6.07) is 8.96. The number of aryl methyl sites for hydroxylation is 1. The molecule has 2 rings (SSSR count). The molecule has 1 aromatic heterocycles. The minimum atomic E-state index is -0.624. The van der Waals surface area contributed by atoms with Gasteiger partial charge in [0, 0.05) is 10.7 Å². The molecule has 1 aromatic carbocycles. The lowest BCUT2D eigenvalue weighted by Gasteiger charge is -2.27. The molecule has 0 aliphatic heterocycles. The normalized spacial score (nSPS) is 11.2. The number of aromatic nitrogens is 1. The fraction of sp³-hybridized carbons (Fsp3) is 0.294. The minimum Gasteiger partial charge on any atom is -0.443 e. The fourth-order valence-electron chi connectivity index (χ4n) is 1.93. The summed E-state index contributed by atoms with van der Waals surface area (Å²) in [4.78, 5) is 18.4. The summed E-state index contributed by atoms with van der Waals surface area (Å²) in [5.41, 5.74) is 0.875. The third kappa shape index (κ3) is 4.69. The van der Waals surface area contributed by atoms with E-state index in [9.17, 15) is 4.79 Å². The molecule has 0 unspecified atom stereocenters. The first-order chi connectivity index (χ1) is 10.7. The second kappa shape index (κ2) is 6.89. The number of nitrogens with zero attached hydrogens (tertiary/aromatic N) is 2. The number of rotatable bonds is 2. The average molecular weight is 398 g/mol. The van der Waals surface area contributed by atoms with Crippen LogP contribution in [0.3, 0.4) is 0 Å². The number of pyridine rings is 1. The van der Waals surface area contributed by atoms with Crippen molar-refractivity contribution in [1.82, 2.24) is 4.98 Å². The Balaban J connectivity index is 2.53. The molecule has 4 nitrogen and oxygen atoms in total. The zero-order chi connectivity index (χ0) is 17.2. The van der Waals surface area contributed by atoms with Crippen LogP contribution in [0.5, 0.6) is 0 Å². The highest BCUT2D eigenvalue weighted by molar-refractivity contribution is 9.10. The predicted octanol–water partition coefficient (Wildman–Crippen LogP) is 5.88. The monoisotopic (exact) mass is 396 g/mol. The number of carbonyl (C=O) groups excluding carboxylic acids is 1. The van der Waals surface area contributed by atoms with E-state index in [1.165, 1.54) is 4.90 Å². The number of hydrogen-bond donors (Lipinski definition) is 0. The van der Waals surface area contributed by atoms with Crippen LogP contribution in [0, 0.1) is 6.92 Å². The van der Waals surface area contributed by atoms with Crippen molar-refractivity contribution in [2.24, 2.45) is 0 Å². The maximum atomic E-state index is 12.7. The molecule has 1 amide bonds. The minimum absolute atomic E-state index is 0.425. The highest BCUT2D eigenvalue weighted by Crippen LogP contribution is 2.34. The summed E-state index contributed by atoms with van der Waals surface area (Å²) >= 11 is 9.69. The lowest BCUT2D eigenvalue weighted by Crippen LogP contribution is -2.34. The first-order valence-corrected chi connectivity index (χ1v) is 8.25. The van der Waals surface area contributed by atoms with Crippen LogP contribution >= 0.6 is 27.5 Å². The first-order valence-electron chi connectivity index (χ1n) is 7.08. The molecule has 0 atom stereocenters. The summed E-state index contributed by atoms with van der Waals surface area (Å²) in [5.74, 6) is 0.462. The van der Waals surface area contributed by atoms with Gasteiger partial charge in [0.25, 0.3) is 0 Å². The van der Waals surface area contributed by atoms with Crippen molar-refractivity contribution in [2.75, 3.05) is 4.90 Å². The molecule has 0 spiro atoms. The number of ether oxygens (including phenoxy) is 1. The molecule has 6 heteroatoms. The molecule has 23 heavy (non-hydrogen) atoms. The van der Waals surface area contributed by atoms with Crippen molar-refractivity contribution in [3.63, 3.8) is 0 Å². The number of anilines is 2. The standard InChI is InChI=1S/C17H18BrClN2O2/c1-11-7-8-20-15(9-11)21(16(22)23-17(2,3)4)14-6-5-12(18)10-13(14)19/h5-10H,1-4H3. The highest BCUT2D eigenvalue weighted by atomic mass is 79.9. The van der Waals surface area contributed by atoms with Crippen molar-refractivity contribution in [3.05, 3.63) is 51.6 Å². The van der Waals surface area contributed by atoms with E-state index in [-0.39, 0.29) is 0 Å². The topological polar surface area (TPSA) is 42.4 Å². The summed E-state index contributed by atoms with van der Waals surface area (Å²) in [6.45, 7) is 7.38. The number of carbonyl (C=O) groups is 1. The van der Waals surface area contributed by atoms with E-state index in [0.717, 1.165) is 10.0 Å². The number of hydrogen-bond acceptors (Lipinski definition) is 3. The third-order valence-corrected chi connectivity index (χ3v) is 3.65. The maximum absolute atomic E-state index is 12.7. The average Bonchev–Trinajstić information content (AvgIpc) is 2.39. The van der Waals surface area contributed by atoms with Crippen LogP contribution in [0.25, 0.3) is 0 Å². The van der Waals surface area contributed by atoms with Crippen LogP contribution in [-0.2, 0) is 4.74 Å². The van der Waals surface area contributed by atoms with Gasteiger partial charge in [-0.15, -0.1) is 0 Å². The summed E-state index contributed by atoms with van der Waals surface area (Å²) < 4.78 is 6.34. The molecule has 0 saturated carbocycles. The lowest BCUT2D eigenvalue weighted by atomic mass is 10.2. The van der Waals surface area contributed by atoms with Gasteiger partial charge in [0.2, 0.25) is 0 Å². The Hall–Kier alpha value is -1.59. The molecule has 0 N–H and O–H groups in total. The van der Waals surface area contributed by atoms with Crippen LogP contribution in [0.15, 0.2) is 41.0 Å². The molecule has 0 fully saturated rings. The Morgan fingerprint density at radius 3 is 2.52 bits per heavy atom. The summed E-state index contributed by atoms with van der Waals surface area (Å²) in [6.07, 6.45) is 1.12. The van der Waals surface area contributed by atoms with Gasteiger partial charge in [0.15, 0.2) is 0 Å². The molecule has 0 saturated heterocycles. The Morgan fingerprint density at radius 1 is 1.26 bits per heavy atom. The first kappa shape index (κ1) is 17.8. The fourth-order valence-corrected chi connectivity index (χ4v) is 2.69. The van der Waals surface area contributed by atoms with Crippen LogP contribution in [0.2, 0.25) is 5.02 Å². The molecule has 122 valence electrons. The van der Waals surface area contributed by atoms with Gasteiger partial charge in [-0.25, -0.2) is 14.7 Å². The van der Waals surface area contributed by atoms with E-state index in [0.29, 0.717) is 16.5 Å². The molecular formula is C17H18BrClN2O2. The summed E-state index contributed by atoms with van der Waals surface area (Å²) in [7, 11) is 0. The number of benzene rings is 1. The summed E-state index contributed by atoms with van der Waals surface area (Å²) in [5, 5.41) is 0.425. The van der Waals surface area contributed by atoms with Gasteiger partial charge in [0.05, 0.1) is 10.7 Å². The maximum Gasteiger partial charge on any atom is 0.420 e. The van der Waals surface area contributed by atoms with Gasteiger partial charge in [-0.2, -0.15) is 0 Å². The molecule has 2 aromatic rings. The number of halogens is 2. The number of amides is 1. The highest BCUT2D eigenvalue weighted by Gasteiger charge is 2.27. The second-order valence-corrected chi connectivity index (χ2v) is 7.43. The van der Waals surface area contributed by atoms with Crippen LogP contribution < -0.4 is 4.90 Å². The molecular weight excluding hydrogens is 380 g/mol. The van der Waals surface area contributed by atoms with Gasteiger partial charge < -0.3 is 4.74 Å². The van der Waals surface area contributed by atoms with Gasteiger partial charge in [-0.1, -0.05) is 27.5 Å². The Bertz CT molecular complexity index is 729. The molecule has 0 radical (unpaired) electrons. The van der Waals surface area contributed by atoms with E-state index < -0.39 is 11.7 Å². The Morgan fingerprint density at radius 2 is 1.96 bits per heavy atom. The molecule has 0 aliphatic rings. The largest absolute Gasteiger partial charge is 0.443 e. The lowest BCUT2D eigenvalue weighted by molar-refractivity contribution is 0.0598. The van der Waals surface area contributed by atoms with E-state index in [4.69, 9.17) is 16.3 Å². The Kier molecular flexibility index (Phi) is 5.32. The third-order valence-electron chi connectivity index (χ3n) is 2.86. The van der Waals surface area contributed by atoms with E-state index >= 15 is 0 Å². The van der Waals surface area contributed by atoms with Gasteiger partial charge >= 0.3 is 6.09 Å². The van der Waals surface area contributed by atoms with Gasteiger partial charge in [-0.3, -0.25) is 0 Å². The van der Waals surface area contributed by atoms with Gasteiger partial charge in [0.1, 0.15) is 11.4 Å². The molecule has 0 aliphatic carbocycles. The zero-order valence-corrected chi connectivity index (χ0v) is 15.8. The van der Waals surface area contributed by atoms with Crippen molar-refractivity contribution in [2.45, 2.75) is 33.3 Å². The van der Waals surface area contributed by atoms with Crippen LogP contribution in [0.1, 0.15) is 26.3 Å². The predicted molar refractivity (Wildman–Crippen MR) is 96.5 cm³/mol. The van der Waals surface area contributed by atoms with Crippen LogP contribution in [0.4, 0.5) is 16.3 Å². The van der Waals surface area contributed by atoms with E-state index in [1.54, 1.807) is 18.3 Å². The van der Waals surface area contributed by atoms with Crippen molar-refractivity contribution in [3.8, 4) is 0 Å². The second-order valence-electron chi connectivity index (χ2n) is 6.10. The van der Waals surface area contributed by atoms with Crippen molar-refractivity contribution < 1.29 is 9.53 Å². The Labute approximate surface area is 149 Å². The van der Waals surface area contributed by atoms with E-state index in [1.807, 2.05) is 45.9 Å². The quantitative estimate of drug-likeness (QED) is 0.635. The molecule has 0 bridgehead atoms. The van der Waals surface area contributed by atoms with Crippen LogP contribution in [-0.4, -0.2) is 16.7 Å². The van der Waals surface area contributed by atoms with Crippen molar-refractivity contribution in [1.29, 1.82) is 0 Å². The van der Waals surface area contributed by atoms with E-state index in [2.05, 4.69) is 20.9 Å².